The number of hydrogen-bond acceptors (Lipinski definition) is 3. The van der Waals surface area contributed by atoms with Crippen LogP contribution in [-0.2, 0) is 4.57 Å². The molecule has 39 heavy (non-hydrogen) atoms. The van der Waals surface area contributed by atoms with Gasteiger partial charge in [-0.3, -0.25) is 4.57 Å². The fourth-order valence-corrected chi connectivity index (χ4v) is 9.92. The summed E-state index contributed by atoms with van der Waals surface area (Å²) in [6.45, 7) is 12.6. The van der Waals surface area contributed by atoms with Crippen molar-refractivity contribution in [1.29, 1.82) is 0 Å². The van der Waals surface area contributed by atoms with Crippen LogP contribution < -0.4 is 0 Å². The lowest BCUT2D eigenvalue weighted by Gasteiger charge is -2.58. The van der Waals surface area contributed by atoms with Gasteiger partial charge in [0, 0.05) is 0 Å². The van der Waals surface area contributed by atoms with E-state index in [9.17, 15) is 9.67 Å². The first kappa shape index (κ1) is 31.0. The second kappa shape index (κ2) is 12.9. The van der Waals surface area contributed by atoms with Crippen LogP contribution in [0, 0.1) is 46.3 Å². The van der Waals surface area contributed by atoms with Gasteiger partial charge in [0.2, 0.25) is 8.03 Å². The highest BCUT2D eigenvalue weighted by Crippen LogP contribution is 2.67. The highest BCUT2D eigenvalue weighted by atomic mass is 31.1. The number of rotatable bonds is 7. The summed E-state index contributed by atoms with van der Waals surface area (Å²) in [5.74, 6) is 4.24. The Morgan fingerprint density at radius 2 is 1.69 bits per heavy atom. The van der Waals surface area contributed by atoms with Gasteiger partial charge in [0.15, 0.2) is 5.85 Å². The van der Waals surface area contributed by atoms with Crippen LogP contribution in [-0.4, -0.2) is 21.2 Å². The lowest BCUT2D eigenvalue weighted by atomic mass is 9.47. The molecule has 0 spiro atoms. The molecule has 4 aliphatic rings. The van der Waals surface area contributed by atoms with Crippen LogP contribution in [0.2, 0.25) is 0 Å². The number of hydrogen-bond donors (Lipinski definition) is 3. The average Bonchev–Trinajstić information content (AvgIpc) is 3.26. The third-order valence-electron chi connectivity index (χ3n) is 11.6. The van der Waals surface area contributed by atoms with E-state index >= 15 is 0 Å². The first-order chi connectivity index (χ1) is 18.5. The van der Waals surface area contributed by atoms with E-state index in [0.717, 1.165) is 48.3 Å². The standard InChI is InChI=1S/C27H46O.C7H9O3P/c1-18(2)7-6-8-19(3)23-11-12-24-22-10-9-20-17-21(28)13-15-26(20,4)25(22)14-16-27(23,24)5;8-7(11(9)10)6-4-2-1-3-5-6/h9,18-19,21-25,28H,6-8,10-17H2,1-5H3;1-5,7-8,11H,(H,9,10)/t19-,21+,22+,23-,24+,25+,26+,27-;/m1./s1. The van der Waals surface area contributed by atoms with Crippen LogP contribution in [0.15, 0.2) is 42.0 Å². The van der Waals surface area contributed by atoms with Crippen molar-refractivity contribution < 1.29 is 19.7 Å². The van der Waals surface area contributed by atoms with Gasteiger partial charge in [0.1, 0.15) is 0 Å². The molecular formula is C34H55O4P. The molecule has 3 fully saturated rings. The molecule has 0 radical (unpaired) electrons. The lowest BCUT2D eigenvalue weighted by Crippen LogP contribution is -2.50. The van der Waals surface area contributed by atoms with Crippen LogP contribution >= 0.6 is 8.03 Å². The quantitative estimate of drug-likeness (QED) is 0.231. The van der Waals surface area contributed by atoms with Gasteiger partial charge in [-0.2, -0.15) is 0 Å². The Balaban J connectivity index is 0.000000270. The molecule has 0 amide bonds. The predicted octanol–water partition coefficient (Wildman–Crippen LogP) is 8.53. The summed E-state index contributed by atoms with van der Waals surface area (Å²) in [4.78, 5) is 8.57. The minimum absolute atomic E-state index is 0.0766. The average molecular weight is 559 g/mol. The van der Waals surface area contributed by atoms with Gasteiger partial charge in [0.25, 0.3) is 0 Å². The number of aliphatic hydroxyl groups excluding tert-OH is 2. The number of allylic oxidation sites excluding steroid dienone is 1. The topological polar surface area (TPSA) is 77.8 Å². The van der Waals surface area contributed by atoms with Crippen molar-refractivity contribution in [2.24, 2.45) is 46.3 Å². The van der Waals surface area contributed by atoms with Crippen LogP contribution in [0.4, 0.5) is 0 Å². The summed E-state index contributed by atoms with van der Waals surface area (Å²) < 4.78 is 10.4. The second-order valence-electron chi connectivity index (χ2n) is 14.3. The van der Waals surface area contributed by atoms with Gasteiger partial charge in [0.05, 0.1) is 6.10 Å². The number of benzene rings is 1. The molecule has 1 aromatic rings. The van der Waals surface area contributed by atoms with Gasteiger partial charge in [-0.1, -0.05) is 95.9 Å². The molecule has 0 aromatic heterocycles. The normalized spacial score (nSPS) is 37.9. The summed E-state index contributed by atoms with van der Waals surface area (Å²) >= 11 is 0. The molecule has 4 nitrogen and oxygen atoms in total. The van der Waals surface area contributed by atoms with Gasteiger partial charge >= 0.3 is 0 Å². The Bertz CT molecular complexity index is 992. The van der Waals surface area contributed by atoms with Crippen molar-refractivity contribution >= 4 is 8.03 Å². The number of fused-ring (bicyclic) bond motifs is 5. The summed E-state index contributed by atoms with van der Waals surface area (Å²) in [6.07, 6.45) is 17.2. The van der Waals surface area contributed by atoms with Crippen LogP contribution in [0.1, 0.15) is 117 Å². The van der Waals surface area contributed by atoms with Crippen LogP contribution in [0.5, 0.6) is 0 Å². The predicted molar refractivity (Wildman–Crippen MR) is 162 cm³/mol. The molecule has 2 unspecified atom stereocenters. The zero-order valence-corrected chi connectivity index (χ0v) is 26.1. The zero-order valence-electron chi connectivity index (χ0n) is 25.1. The fourth-order valence-electron chi connectivity index (χ4n) is 9.44. The summed E-state index contributed by atoms with van der Waals surface area (Å²) in [6, 6.07) is 8.43. The first-order valence-electron chi connectivity index (χ1n) is 15.8. The SMILES string of the molecule is CC(C)CCC[C@@H](C)[C@H]1CC[C@H]2[C@@H]3CC=C4C[C@@H](O)CC[C@]4(C)[C@H]3CC[C@]12C.O=[PH](O)C(O)c1ccccc1. The summed E-state index contributed by atoms with van der Waals surface area (Å²) in [5.41, 5.74) is 3.09. The van der Waals surface area contributed by atoms with E-state index in [1.165, 1.54) is 57.8 Å². The molecule has 5 rings (SSSR count). The Morgan fingerprint density at radius 3 is 2.36 bits per heavy atom. The molecule has 1 aromatic carbocycles. The molecule has 10 atom stereocenters. The van der Waals surface area contributed by atoms with Gasteiger partial charge in [-0.05, 0) is 103 Å². The maximum Gasteiger partial charge on any atom is 0.221 e. The van der Waals surface area contributed by atoms with E-state index in [-0.39, 0.29) is 6.10 Å². The van der Waals surface area contributed by atoms with E-state index in [0.29, 0.717) is 16.4 Å². The Morgan fingerprint density at radius 1 is 0.974 bits per heavy atom. The Kier molecular flexibility index (Phi) is 10.3. The molecule has 3 saturated carbocycles. The first-order valence-corrected chi connectivity index (χ1v) is 17.2. The van der Waals surface area contributed by atoms with E-state index in [4.69, 9.17) is 10.00 Å². The molecule has 3 N–H and O–H groups in total. The van der Waals surface area contributed by atoms with Crippen molar-refractivity contribution in [2.45, 2.75) is 117 Å². The summed E-state index contributed by atoms with van der Waals surface area (Å²) in [7, 11) is -2.86. The molecule has 0 bridgehead atoms. The third kappa shape index (κ3) is 6.61. The van der Waals surface area contributed by atoms with Gasteiger partial charge < -0.3 is 15.1 Å². The molecule has 0 saturated heterocycles. The molecule has 220 valence electrons. The van der Waals surface area contributed by atoms with E-state index in [2.05, 4.69) is 40.7 Å². The Labute approximate surface area is 238 Å². The minimum Gasteiger partial charge on any atom is -0.393 e. The van der Waals surface area contributed by atoms with Crippen molar-refractivity contribution in [3.63, 3.8) is 0 Å². The molecule has 0 heterocycles. The molecule has 4 aliphatic carbocycles. The third-order valence-corrected chi connectivity index (χ3v) is 12.4. The maximum absolute atomic E-state index is 10.4. The highest BCUT2D eigenvalue weighted by molar-refractivity contribution is 7.38. The van der Waals surface area contributed by atoms with Crippen molar-refractivity contribution in [2.75, 3.05) is 0 Å². The van der Waals surface area contributed by atoms with Crippen molar-refractivity contribution in [1.82, 2.24) is 0 Å². The monoisotopic (exact) mass is 558 g/mol. The van der Waals surface area contributed by atoms with Gasteiger partial charge in [-0.15, -0.1) is 0 Å². The molecular weight excluding hydrogens is 503 g/mol. The minimum atomic E-state index is -2.86. The smallest absolute Gasteiger partial charge is 0.221 e. The van der Waals surface area contributed by atoms with E-state index in [1.807, 2.05) is 0 Å². The molecule has 0 aliphatic heterocycles. The molecule has 5 heteroatoms. The largest absolute Gasteiger partial charge is 0.393 e. The van der Waals surface area contributed by atoms with Gasteiger partial charge in [-0.25, -0.2) is 0 Å². The second-order valence-corrected chi connectivity index (χ2v) is 15.6. The lowest BCUT2D eigenvalue weighted by molar-refractivity contribution is -0.0573. The fraction of sp³-hybridized carbons (Fsp3) is 0.765. The summed E-state index contributed by atoms with van der Waals surface area (Å²) in [5, 5.41) is 19.3. The maximum atomic E-state index is 10.4. The number of aliphatic hydroxyl groups is 2. The van der Waals surface area contributed by atoms with E-state index in [1.54, 1.807) is 35.9 Å². The van der Waals surface area contributed by atoms with Crippen molar-refractivity contribution in [3.8, 4) is 0 Å². The highest BCUT2D eigenvalue weighted by Gasteiger charge is 2.59. The van der Waals surface area contributed by atoms with Crippen LogP contribution in [0.25, 0.3) is 0 Å². The Hall–Kier alpha value is -0.930. The zero-order chi connectivity index (χ0) is 28.4. The van der Waals surface area contributed by atoms with Crippen LogP contribution in [0.3, 0.4) is 0 Å². The van der Waals surface area contributed by atoms with Crippen molar-refractivity contribution in [3.05, 3.63) is 47.5 Å². The van der Waals surface area contributed by atoms with E-state index < -0.39 is 13.9 Å².